The second-order valence-electron chi connectivity index (χ2n) is 6.03. The van der Waals surface area contributed by atoms with Gasteiger partial charge in [0.1, 0.15) is 0 Å². The molecule has 1 aromatic heterocycles. The Balaban J connectivity index is 2.28. The average molecular weight is 275 g/mol. The summed E-state index contributed by atoms with van der Waals surface area (Å²) < 4.78 is 0. The number of hydrogen-bond acceptors (Lipinski definition) is 1. The summed E-state index contributed by atoms with van der Waals surface area (Å²) in [5, 5.41) is 1.22. The van der Waals surface area contributed by atoms with Crippen LogP contribution in [0.25, 0.3) is 22.2 Å². The first-order chi connectivity index (χ1) is 9.97. The molecule has 3 aromatic rings. The van der Waals surface area contributed by atoms with Crippen molar-refractivity contribution in [1.82, 2.24) is 4.98 Å². The lowest BCUT2D eigenvalue weighted by Crippen LogP contribution is -1.96. The molecule has 21 heavy (non-hydrogen) atoms. The first-order valence-corrected chi connectivity index (χ1v) is 7.42. The van der Waals surface area contributed by atoms with E-state index >= 15 is 0 Å². The Labute approximate surface area is 126 Å². The summed E-state index contributed by atoms with van der Waals surface area (Å²) >= 11 is 0. The van der Waals surface area contributed by atoms with Crippen LogP contribution in [0.5, 0.6) is 0 Å². The van der Waals surface area contributed by atoms with Crippen LogP contribution in [0.15, 0.2) is 36.4 Å². The van der Waals surface area contributed by atoms with Gasteiger partial charge in [-0.15, -0.1) is 0 Å². The first-order valence-electron chi connectivity index (χ1n) is 7.42. The summed E-state index contributed by atoms with van der Waals surface area (Å²) in [6, 6.07) is 13.1. The third-order valence-corrected chi connectivity index (χ3v) is 4.47. The zero-order valence-electron chi connectivity index (χ0n) is 13.4. The number of benzene rings is 2. The fourth-order valence-electron chi connectivity index (χ4n) is 2.89. The van der Waals surface area contributed by atoms with Crippen LogP contribution in [0.1, 0.15) is 27.8 Å². The summed E-state index contributed by atoms with van der Waals surface area (Å²) in [7, 11) is 0. The largest absolute Gasteiger partial charge is 0.248 e. The van der Waals surface area contributed by atoms with Crippen LogP contribution in [0.2, 0.25) is 0 Å². The van der Waals surface area contributed by atoms with Crippen LogP contribution in [-0.2, 0) is 0 Å². The Hall–Kier alpha value is -2.15. The second-order valence-corrected chi connectivity index (χ2v) is 6.03. The molecule has 0 saturated heterocycles. The van der Waals surface area contributed by atoms with E-state index in [0.717, 1.165) is 11.2 Å². The van der Waals surface area contributed by atoms with Gasteiger partial charge in [0.05, 0.1) is 11.2 Å². The Morgan fingerprint density at radius 2 is 1.48 bits per heavy atom. The van der Waals surface area contributed by atoms with E-state index in [2.05, 4.69) is 71.0 Å². The summed E-state index contributed by atoms with van der Waals surface area (Å²) in [5.41, 5.74) is 9.96. The van der Waals surface area contributed by atoms with E-state index in [0.29, 0.717) is 0 Å². The highest BCUT2D eigenvalue weighted by molar-refractivity contribution is 5.84. The summed E-state index contributed by atoms with van der Waals surface area (Å²) in [5.74, 6) is 0. The van der Waals surface area contributed by atoms with Gasteiger partial charge in [0, 0.05) is 10.9 Å². The van der Waals surface area contributed by atoms with Crippen molar-refractivity contribution >= 4 is 10.9 Å². The molecule has 1 heterocycles. The van der Waals surface area contributed by atoms with Gasteiger partial charge in [0.15, 0.2) is 0 Å². The molecule has 2 aromatic carbocycles. The Morgan fingerprint density at radius 3 is 2.24 bits per heavy atom. The van der Waals surface area contributed by atoms with Gasteiger partial charge in [-0.25, -0.2) is 4.98 Å². The summed E-state index contributed by atoms with van der Waals surface area (Å²) in [6.45, 7) is 10.8. The summed E-state index contributed by atoms with van der Waals surface area (Å²) in [6.07, 6.45) is 0. The van der Waals surface area contributed by atoms with E-state index in [4.69, 9.17) is 4.98 Å². The maximum absolute atomic E-state index is 4.92. The molecule has 0 unspecified atom stereocenters. The number of rotatable bonds is 1. The Kier molecular flexibility index (Phi) is 3.29. The molecule has 0 aliphatic rings. The molecule has 0 N–H and O–H groups in total. The summed E-state index contributed by atoms with van der Waals surface area (Å²) in [4.78, 5) is 4.92. The van der Waals surface area contributed by atoms with Crippen LogP contribution >= 0.6 is 0 Å². The average Bonchev–Trinajstić information content (AvgIpc) is 2.45. The van der Waals surface area contributed by atoms with Gasteiger partial charge in [-0.1, -0.05) is 23.8 Å². The molecule has 0 fully saturated rings. The maximum Gasteiger partial charge on any atom is 0.0741 e. The molecule has 1 nitrogen and oxygen atoms in total. The van der Waals surface area contributed by atoms with Crippen molar-refractivity contribution in [3.63, 3.8) is 0 Å². The van der Waals surface area contributed by atoms with Gasteiger partial charge in [0.2, 0.25) is 0 Å². The zero-order chi connectivity index (χ0) is 15.1. The van der Waals surface area contributed by atoms with Crippen molar-refractivity contribution in [2.45, 2.75) is 34.6 Å². The van der Waals surface area contributed by atoms with Gasteiger partial charge < -0.3 is 0 Å². The number of aromatic nitrogens is 1. The zero-order valence-corrected chi connectivity index (χ0v) is 13.4. The molecule has 0 aliphatic heterocycles. The molecule has 0 bridgehead atoms. The minimum atomic E-state index is 1.07. The molecular weight excluding hydrogens is 254 g/mol. The molecular formula is C20H21N. The molecule has 0 radical (unpaired) electrons. The van der Waals surface area contributed by atoms with E-state index in [1.165, 1.54) is 38.8 Å². The van der Waals surface area contributed by atoms with Crippen molar-refractivity contribution in [2.75, 3.05) is 0 Å². The van der Waals surface area contributed by atoms with Crippen molar-refractivity contribution in [1.29, 1.82) is 0 Å². The smallest absolute Gasteiger partial charge is 0.0741 e. The van der Waals surface area contributed by atoms with Crippen molar-refractivity contribution in [3.8, 4) is 11.3 Å². The predicted molar refractivity (Wildman–Crippen MR) is 90.9 cm³/mol. The van der Waals surface area contributed by atoms with Crippen LogP contribution in [0, 0.1) is 34.6 Å². The molecule has 0 spiro atoms. The lowest BCUT2D eigenvalue weighted by Gasteiger charge is -2.14. The molecule has 0 saturated carbocycles. The molecule has 1 heteroatoms. The third kappa shape index (κ3) is 2.33. The van der Waals surface area contributed by atoms with Crippen molar-refractivity contribution in [2.24, 2.45) is 0 Å². The standard InChI is InChI=1S/C20H21N/c1-12-6-9-19-17(10-12)11-14(3)20(21-19)18-8-7-13(2)15(4)16(18)5/h6-11H,1-5H3. The third-order valence-electron chi connectivity index (χ3n) is 4.47. The van der Waals surface area contributed by atoms with Gasteiger partial charge in [0.25, 0.3) is 0 Å². The van der Waals surface area contributed by atoms with Gasteiger partial charge in [-0.3, -0.25) is 0 Å². The monoisotopic (exact) mass is 275 g/mol. The Morgan fingerprint density at radius 1 is 0.714 bits per heavy atom. The predicted octanol–water partition coefficient (Wildman–Crippen LogP) is 5.44. The van der Waals surface area contributed by atoms with Crippen LogP contribution < -0.4 is 0 Å². The van der Waals surface area contributed by atoms with Crippen molar-refractivity contribution in [3.05, 3.63) is 64.2 Å². The molecule has 0 aliphatic carbocycles. The van der Waals surface area contributed by atoms with E-state index < -0.39 is 0 Å². The molecule has 106 valence electrons. The minimum absolute atomic E-state index is 1.07. The lowest BCUT2D eigenvalue weighted by atomic mass is 9.94. The van der Waals surface area contributed by atoms with Crippen LogP contribution in [0.3, 0.4) is 0 Å². The minimum Gasteiger partial charge on any atom is -0.248 e. The van der Waals surface area contributed by atoms with Crippen molar-refractivity contribution < 1.29 is 0 Å². The number of hydrogen-bond donors (Lipinski definition) is 0. The topological polar surface area (TPSA) is 12.9 Å². The van der Waals surface area contributed by atoms with Crippen LogP contribution in [-0.4, -0.2) is 4.98 Å². The number of aryl methyl sites for hydroxylation is 3. The van der Waals surface area contributed by atoms with E-state index in [1.54, 1.807) is 0 Å². The molecule has 0 amide bonds. The highest BCUT2D eigenvalue weighted by atomic mass is 14.7. The fraction of sp³-hybridized carbons (Fsp3) is 0.250. The normalized spacial score (nSPS) is 11.1. The number of nitrogens with zero attached hydrogens (tertiary/aromatic N) is 1. The maximum atomic E-state index is 4.92. The van der Waals surface area contributed by atoms with Gasteiger partial charge >= 0.3 is 0 Å². The SMILES string of the molecule is Cc1ccc2nc(-c3ccc(C)c(C)c3C)c(C)cc2c1. The number of pyridine rings is 1. The molecule has 0 atom stereocenters. The van der Waals surface area contributed by atoms with Gasteiger partial charge in [-0.05, 0) is 75.1 Å². The van der Waals surface area contributed by atoms with E-state index in [-0.39, 0.29) is 0 Å². The molecule has 3 rings (SSSR count). The lowest BCUT2D eigenvalue weighted by molar-refractivity contribution is 1.24. The quantitative estimate of drug-likeness (QED) is 0.576. The number of fused-ring (bicyclic) bond motifs is 1. The van der Waals surface area contributed by atoms with Gasteiger partial charge in [-0.2, -0.15) is 0 Å². The first kappa shape index (κ1) is 13.8. The van der Waals surface area contributed by atoms with Crippen LogP contribution in [0.4, 0.5) is 0 Å². The highest BCUT2D eigenvalue weighted by Gasteiger charge is 2.11. The van der Waals surface area contributed by atoms with E-state index in [9.17, 15) is 0 Å². The van der Waals surface area contributed by atoms with E-state index in [1.807, 2.05) is 0 Å². The Bertz CT molecular complexity index is 844. The fourth-order valence-corrected chi connectivity index (χ4v) is 2.89. The second kappa shape index (κ2) is 5.00. The highest BCUT2D eigenvalue weighted by Crippen LogP contribution is 2.30.